The molecule has 1 heterocycles. The van der Waals surface area contributed by atoms with Crippen LogP contribution in [0, 0.1) is 0 Å². The summed E-state index contributed by atoms with van der Waals surface area (Å²) in [6.07, 6.45) is 4.79. The first-order chi connectivity index (χ1) is 13.2. The first kappa shape index (κ1) is 19.7. The lowest BCUT2D eigenvalue weighted by Gasteiger charge is -2.27. The number of aliphatic hydroxyl groups is 1. The van der Waals surface area contributed by atoms with Crippen molar-refractivity contribution >= 4 is 11.9 Å². The highest BCUT2D eigenvalue weighted by Gasteiger charge is 2.22. The zero-order valence-electron chi connectivity index (χ0n) is 16.3. The number of hydrogen-bond donors (Lipinski definition) is 3. The molecule has 1 aromatic carbocycles. The van der Waals surface area contributed by atoms with E-state index in [0.29, 0.717) is 19.0 Å². The lowest BCUT2D eigenvalue weighted by atomic mass is 9.93. The van der Waals surface area contributed by atoms with Crippen molar-refractivity contribution in [2.45, 2.75) is 70.7 Å². The number of aliphatic hydroxyl groups excluding tert-OH is 1. The second kappa shape index (κ2) is 9.74. The maximum absolute atomic E-state index is 12.5. The second-order valence-electron chi connectivity index (χ2n) is 7.53. The summed E-state index contributed by atoms with van der Waals surface area (Å²) in [6.45, 7) is 4.96. The molecule has 1 saturated carbocycles. The number of benzene rings is 1. The normalized spacial score (nSPS) is 22.4. The number of hydrogen-bond acceptors (Lipinski definition) is 3. The van der Waals surface area contributed by atoms with Gasteiger partial charge in [-0.15, -0.1) is 0 Å². The van der Waals surface area contributed by atoms with Crippen LogP contribution in [0.1, 0.15) is 56.6 Å². The Morgan fingerprint density at radius 3 is 2.48 bits per heavy atom. The zero-order valence-corrected chi connectivity index (χ0v) is 16.3. The number of carbonyl (C=O) groups excluding carboxylic acids is 1. The van der Waals surface area contributed by atoms with Gasteiger partial charge in [-0.2, -0.15) is 0 Å². The molecular formula is C21H32N4O2. The third-order valence-electron chi connectivity index (χ3n) is 5.39. The smallest absolute Gasteiger partial charge is 0.223 e. The Balaban J connectivity index is 1.40. The molecule has 0 bridgehead atoms. The standard InChI is InChI=1S/C21H32N4O2/c1-2-22-21(24-18-9-11-19(26)12-10-18)23-13-5-8-20(27)25-14-16-6-3-4-7-17(16)15-25/h3-4,6-7,18-19,26H,2,5,8-15H2,1H3,(H2,22,23,24). The Bertz CT molecular complexity index is 628. The minimum Gasteiger partial charge on any atom is -0.393 e. The van der Waals surface area contributed by atoms with Crippen molar-refractivity contribution in [2.24, 2.45) is 4.99 Å². The van der Waals surface area contributed by atoms with E-state index in [-0.39, 0.29) is 12.0 Å². The van der Waals surface area contributed by atoms with Crippen LogP contribution in [0.4, 0.5) is 0 Å². The van der Waals surface area contributed by atoms with Gasteiger partial charge >= 0.3 is 0 Å². The SMILES string of the molecule is CCNC(=NCCCC(=O)N1Cc2ccccc2C1)NC1CCC(O)CC1. The molecular weight excluding hydrogens is 340 g/mol. The number of carbonyl (C=O) groups is 1. The van der Waals surface area contributed by atoms with Crippen LogP contribution in [0.15, 0.2) is 29.3 Å². The van der Waals surface area contributed by atoms with Gasteiger partial charge in [0.15, 0.2) is 5.96 Å². The van der Waals surface area contributed by atoms with Crippen molar-refractivity contribution < 1.29 is 9.90 Å². The van der Waals surface area contributed by atoms with Crippen LogP contribution < -0.4 is 10.6 Å². The minimum absolute atomic E-state index is 0.148. The first-order valence-corrected chi connectivity index (χ1v) is 10.2. The average Bonchev–Trinajstić information content (AvgIpc) is 3.11. The number of rotatable bonds is 6. The molecule has 148 valence electrons. The lowest BCUT2D eigenvalue weighted by molar-refractivity contribution is -0.131. The molecule has 3 rings (SSSR count). The Morgan fingerprint density at radius 1 is 1.19 bits per heavy atom. The molecule has 1 fully saturated rings. The van der Waals surface area contributed by atoms with E-state index < -0.39 is 0 Å². The second-order valence-corrected chi connectivity index (χ2v) is 7.53. The lowest BCUT2D eigenvalue weighted by Crippen LogP contribution is -2.45. The summed E-state index contributed by atoms with van der Waals surface area (Å²) in [5.41, 5.74) is 2.53. The number of fused-ring (bicyclic) bond motifs is 1. The summed E-state index contributed by atoms with van der Waals surface area (Å²) >= 11 is 0. The van der Waals surface area contributed by atoms with Crippen molar-refractivity contribution in [1.29, 1.82) is 0 Å². The largest absolute Gasteiger partial charge is 0.393 e. The summed E-state index contributed by atoms with van der Waals surface area (Å²) in [6, 6.07) is 8.64. The molecule has 1 aromatic rings. The van der Waals surface area contributed by atoms with Crippen LogP contribution in [0.2, 0.25) is 0 Å². The zero-order chi connectivity index (χ0) is 19.1. The molecule has 27 heavy (non-hydrogen) atoms. The van der Waals surface area contributed by atoms with Crippen molar-refractivity contribution in [2.75, 3.05) is 13.1 Å². The summed E-state index contributed by atoms with van der Waals surface area (Å²) in [4.78, 5) is 19.0. The number of amides is 1. The van der Waals surface area contributed by atoms with E-state index in [9.17, 15) is 9.90 Å². The Hall–Kier alpha value is -2.08. The summed E-state index contributed by atoms with van der Waals surface area (Å²) in [5, 5.41) is 16.4. The van der Waals surface area contributed by atoms with Gasteiger partial charge in [0.1, 0.15) is 0 Å². The van der Waals surface area contributed by atoms with Crippen LogP contribution >= 0.6 is 0 Å². The van der Waals surface area contributed by atoms with Crippen molar-refractivity contribution in [3.8, 4) is 0 Å². The molecule has 6 heteroatoms. The van der Waals surface area contributed by atoms with Crippen molar-refractivity contribution in [3.63, 3.8) is 0 Å². The maximum atomic E-state index is 12.5. The van der Waals surface area contributed by atoms with E-state index >= 15 is 0 Å². The van der Waals surface area contributed by atoms with Crippen LogP contribution in [-0.2, 0) is 17.9 Å². The molecule has 2 aliphatic rings. The third-order valence-corrected chi connectivity index (χ3v) is 5.39. The van der Waals surface area contributed by atoms with Crippen LogP contribution in [0.3, 0.4) is 0 Å². The summed E-state index contributed by atoms with van der Waals surface area (Å²) in [5.74, 6) is 1.03. The Morgan fingerprint density at radius 2 is 1.85 bits per heavy atom. The van der Waals surface area contributed by atoms with Gasteiger partial charge in [-0.3, -0.25) is 9.79 Å². The van der Waals surface area contributed by atoms with E-state index in [1.54, 1.807) is 0 Å². The maximum Gasteiger partial charge on any atom is 0.223 e. The van der Waals surface area contributed by atoms with Gasteiger partial charge in [-0.05, 0) is 50.2 Å². The first-order valence-electron chi connectivity index (χ1n) is 10.2. The van der Waals surface area contributed by atoms with E-state index in [0.717, 1.165) is 57.7 Å². The highest BCUT2D eigenvalue weighted by molar-refractivity contribution is 5.80. The molecule has 0 aromatic heterocycles. The van der Waals surface area contributed by atoms with Crippen LogP contribution in [-0.4, -0.2) is 47.1 Å². The van der Waals surface area contributed by atoms with Gasteiger partial charge in [-0.25, -0.2) is 0 Å². The van der Waals surface area contributed by atoms with Gasteiger partial charge in [0, 0.05) is 38.6 Å². The predicted octanol–water partition coefficient (Wildman–Crippen LogP) is 2.17. The van der Waals surface area contributed by atoms with Gasteiger partial charge < -0.3 is 20.6 Å². The Kier molecular flexibility index (Phi) is 7.10. The van der Waals surface area contributed by atoms with Gasteiger partial charge in [0.25, 0.3) is 0 Å². The predicted molar refractivity (Wildman–Crippen MR) is 107 cm³/mol. The number of guanidine groups is 1. The molecule has 0 saturated heterocycles. The number of aliphatic imine (C=N–C) groups is 1. The molecule has 0 radical (unpaired) electrons. The molecule has 1 amide bonds. The highest BCUT2D eigenvalue weighted by atomic mass is 16.3. The molecule has 6 nitrogen and oxygen atoms in total. The van der Waals surface area contributed by atoms with Gasteiger partial charge in [0.05, 0.1) is 6.10 Å². The fourth-order valence-electron chi connectivity index (χ4n) is 3.82. The molecule has 0 atom stereocenters. The molecule has 3 N–H and O–H groups in total. The minimum atomic E-state index is -0.148. The van der Waals surface area contributed by atoms with E-state index in [2.05, 4.69) is 34.7 Å². The number of nitrogens with zero attached hydrogens (tertiary/aromatic N) is 2. The van der Waals surface area contributed by atoms with Crippen molar-refractivity contribution in [1.82, 2.24) is 15.5 Å². The molecule has 0 spiro atoms. The third kappa shape index (κ3) is 5.70. The van der Waals surface area contributed by atoms with Gasteiger partial charge in [-0.1, -0.05) is 24.3 Å². The van der Waals surface area contributed by atoms with E-state index in [4.69, 9.17) is 0 Å². The van der Waals surface area contributed by atoms with Crippen molar-refractivity contribution in [3.05, 3.63) is 35.4 Å². The number of nitrogens with one attached hydrogen (secondary N) is 2. The van der Waals surface area contributed by atoms with E-state index in [1.807, 2.05) is 17.0 Å². The Labute approximate surface area is 162 Å². The average molecular weight is 373 g/mol. The molecule has 1 aliphatic heterocycles. The van der Waals surface area contributed by atoms with Crippen LogP contribution in [0.25, 0.3) is 0 Å². The monoisotopic (exact) mass is 372 g/mol. The summed E-state index contributed by atoms with van der Waals surface area (Å²) in [7, 11) is 0. The highest BCUT2D eigenvalue weighted by Crippen LogP contribution is 2.23. The van der Waals surface area contributed by atoms with Crippen LogP contribution in [0.5, 0.6) is 0 Å². The fourth-order valence-corrected chi connectivity index (χ4v) is 3.82. The quantitative estimate of drug-likeness (QED) is 0.406. The molecule has 1 aliphatic carbocycles. The summed E-state index contributed by atoms with van der Waals surface area (Å²) < 4.78 is 0. The van der Waals surface area contributed by atoms with Gasteiger partial charge in [0.2, 0.25) is 5.91 Å². The topological polar surface area (TPSA) is 77.0 Å². The van der Waals surface area contributed by atoms with E-state index in [1.165, 1.54) is 11.1 Å². The molecule has 0 unspecified atom stereocenters. The fraction of sp³-hybridized carbons (Fsp3) is 0.619.